The molecule has 1 N–H and O–H groups in total. The Kier molecular flexibility index (Phi) is 6.73. The second kappa shape index (κ2) is 9.89. The van der Waals surface area contributed by atoms with Crippen LogP contribution in [0, 0.1) is 6.92 Å². The van der Waals surface area contributed by atoms with Gasteiger partial charge in [0.15, 0.2) is 6.39 Å². The van der Waals surface area contributed by atoms with Gasteiger partial charge in [0, 0.05) is 16.8 Å². The summed E-state index contributed by atoms with van der Waals surface area (Å²) in [5.41, 5.74) is 1.59. The molecule has 2 aromatic carbocycles. The molecule has 1 atom stereocenters. The molecule has 0 radical (unpaired) electrons. The minimum atomic E-state index is -1.02. The molecule has 2 amide bonds. The number of rotatable bonds is 7. The predicted octanol–water partition coefficient (Wildman–Crippen LogP) is 5.67. The molecule has 0 aliphatic rings. The number of hydrogen-bond acceptors (Lipinski definition) is 6. The Morgan fingerprint density at radius 2 is 1.66 bits per heavy atom. The van der Waals surface area contributed by atoms with Crippen molar-refractivity contribution in [3.05, 3.63) is 96.6 Å². The van der Waals surface area contributed by atoms with Gasteiger partial charge in [-0.1, -0.05) is 17.7 Å². The van der Waals surface area contributed by atoms with Crippen molar-refractivity contribution in [2.45, 2.75) is 39.3 Å². The monoisotopic (exact) mass is 473 g/mol. The van der Waals surface area contributed by atoms with Gasteiger partial charge >= 0.3 is 0 Å². The Morgan fingerprint density at radius 3 is 2.20 bits per heavy atom. The first-order valence-electron chi connectivity index (χ1n) is 11.1. The van der Waals surface area contributed by atoms with Gasteiger partial charge in [0.2, 0.25) is 11.7 Å². The molecular weight excluding hydrogens is 446 g/mol. The first-order valence-corrected chi connectivity index (χ1v) is 11.1. The number of anilines is 1. The minimum absolute atomic E-state index is 0.00188. The molecule has 2 heterocycles. The maximum Gasteiger partial charge on any atom is 0.296 e. The van der Waals surface area contributed by atoms with Crippen molar-refractivity contribution < 1.29 is 23.2 Å². The van der Waals surface area contributed by atoms with E-state index in [4.69, 9.17) is 13.6 Å². The van der Waals surface area contributed by atoms with Crippen molar-refractivity contribution in [2.75, 3.05) is 4.90 Å². The van der Waals surface area contributed by atoms with Gasteiger partial charge in [-0.05, 0) is 70.2 Å². The summed E-state index contributed by atoms with van der Waals surface area (Å²) in [6.07, 6.45) is 5.40. The lowest BCUT2D eigenvalue weighted by atomic mass is 10.0. The fourth-order valence-electron chi connectivity index (χ4n) is 3.53. The van der Waals surface area contributed by atoms with Crippen molar-refractivity contribution >= 4 is 17.5 Å². The number of aromatic nitrogens is 1. The number of nitrogens with one attached hydrogen (secondary N) is 1. The fourth-order valence-corrected chi connectivity index (χ4v) is 3.53. The van der Waals surface area contributed by atoms with E-state index >= 15 is 0 Å². The quantitative estimate of drug-likeness (QED) is 0.371. The second-order valence-electron chi connectivity index (χ2n) is 9.15. The highest BCUT2D eigenvalue weighted by molar-refractivity contribution is 6.08. The van der Waals surface area contributed by atoms with E-state index in [0.717, 1.165) is 5.56 Å². The van der Waals surface area contributed by atoms with Crippen LogP contribution in [-0.2, 0) is 4.79 Å². The van der Waals surface area contributed by atoms with Gasteiger partial charge in [-0.2, -0.15) is 0 Å². The molecule has 8 heteroatoms. The first-order chi connectivity index (χ1) is 16.7. The predicted molar refractivity (Wildman–Crippen MR) is 130 cm³/mol. The van der Waals surface area contributed by atoms with Crippen LogP contribution in [0.4, 0.5) is 5.69 Å². The van der Waals surface area contributed by atoms with E-state index in [0.29, 0.717) is 22.7 Å². The third kappa shape index (κ3) is 5.78. The SMILES string of the molecule is Cc1ccc(Oc2ccc(N(C(=O)c3cnco3)C(C(=O)NC(C)(C)C)c3ccoc3)cc2)cc1. The van der Waals surface area contributed by atoms with Gasteiger partial charge in [0.05, 0.1) is 18.7 Å². The van der Waals surface area contributed by atoms with Crippen LogP contribution in [0.25, 0.3) is 0 Å². The van der Waals surface area contributed by atoms with E-state index in [9.17, 15) is 9.59 Å². The zero-order chi connectivity index (χ0) is 25.0. The number of carbonyl (C=O) groups excluding carboxylic acids is 2. The Hall–Kier alpha value is -4.33. The molecule has 4 aromatic rings. The van der Waals surface area contributed by atoms with Crippen LogP contribution in [0.3, 0.4) is 0 Å². The van der Waals surface area contributed by atoms with Crippen molar-refractivity contribution in [1.82, 2.24) is 10.3 Å². The number of hydrogen-bond donors (Lipinski definition) is 1. The summed E-state index contributed by atoms with van der Waals surface area (Å²) < 4.78 is 16.4. The average Bonchev–Trinajstić information content (AvgIpc) is 3.53. The number of benzene rings is 2. The van der Waals surface area contributed by atoms with E-state index < -0.39 is 17.5 Å². The van der Waals surface area contributed by atoms with Gasteiger partial charge in [-0.3, -0.25) is 14.5 Å². The van der Waals surface area contributed by atoms with E-state index in [-0.39, 0.29) is 11.7 Å². The molecule has 0 aliphatic heterocycles. The highest BCUT2D eigenvalue weighted by atomic mass is 16.5. The zero-order valence-electron chi connectivity index (χ0n) is 20.0. The van der Waals surface area contributed by atoms with Gasteiger partial charge in [-0.15, -0.1) is 0 Å². The Balaban J connectivity index is 1.72. The van der Waals surface area contributed by atoms with Crippen molar-refractivity contribution in [1.29, 1.82) is 0 Å². The van der Waals surface area contributed by atoms with Crippen molar-refractivity contribution in [2.24, 2.45) is 0 Å². The molecule has 0 bridgehead atoms. The van der Waals surface area contributed by atoms with Gasteiger partial charge in [0.25, 0.3) is 5.91 Å². The Labute approximate surface area is 203 Å². The lowest BCUT2D eigenvalue weighted by Crippen LogP contribution is -2.49. The summed E-state index contributed by atoms with van der Waals surface area (Å²) in [7, 11) is 0. The summed E-state index contributed by atoms with van der Waals surface area (Å²) >= 11 is 0. The highest BCUT2D eigenvalue weighted by Crippen LogP contribution is 2.32. The van der Waals surface area contributed by atoms with Crippen molar-refractivity contribution in [3.63, 3.8) is 0 Å². The first kappa shape index (κ1) is 23.8. The largest absolute Gasteiger partial charge is 0.472 e. The fraction of sp³-hybridized carbons (Fsp3) is 0.222. The molecule has 35 heavy (non-hydrogen) atoms. The topological polar surface area (TPSA) is 97.8 Å². The standard InChI is InChI=1S/C27H27N3O5/c1-18-5-9-21(10-6-18)35-22-11-7-20(8-12-22)30(26(32)23-15-28-17-34-23)24(19-13-14-33-16-19)25(31)29-27(2,3)4/h5-17,24H,1-4H3,(H,29,31). The van der Waals surface area contributed by atoms with Crippen LogP contribution < -0.4 is 15.0 Å². The van der Waals surface area contributed by atoms with Crippen LogP contribution in [0.5, 0.6) is 11.5 Å². The molecule has 2 aromatic heterocycles. The van der Waals surface area contributed by atoms with E-state index in [1.54, 1.807) is 30.3 Å². The molecule has 8 nitrogen and oxygen atoms in total. The van der Waals surface area contributed by atoms with Crippen LogP contribution >= 0.6 is 0 Å². The van der Waals surface area contributed by atoms with E-state index in [1.165, 1.54) is 30.0 Å². The Bertz CT molecular complexity index is 1260. The molecule has 1 unspecified atom stereocenters. The number of ether oxygens (including phenoxy) is 1. The number of aryl methyl sites for hydroxylation is 1. The maximum atomic E-state index is 13.6. The average molecular weight is 474 g/mol. The molecule has 0 saturated heterocycles. The van der Waals surface area contributed by atoms with Crippen molar-refractivity contribution in [3.8, 4) is 11.5 Å². The molecule has 0 aliphatic carbocycles. The summed E-state index contributed by atoms with van der Waals surface area (Å²) in [6, 6.07) is 15.2. The smallest absolute Gasteiger partial charge is 0.296 e. The minimum Gasteiger partial charge on any atom is -0.472 e. The Morgan fingerprint density at radius 1 is 1.00 bits per heavy atom. The molecule has 0 fully saturated rings. The molecule has 180 valence electrons. The van der Waals surface area contributed by atoms with Gasteiger partial charge in [-0.25, -0.2) is 4.98 Å². The summed E-state index contributed by atoms with van der Waals surface area (Å²) in [5, 5.41) is 2.96. The normalized spacial score (nSPS) is 12.1. The van der Waals surface area contributed by atoms with Crippen LogP contribution in [0.2, 0.25) is 0 Å². The lowest BCUT2D eigenvalue weighted by Gasteiger charge is -2.32. The number of oxazole rings is 1. The number of carbonyl (C=O) groups is 2. The number of nitrogens with zero attached hydrogens (tertiary/aromatic N) is 2. The van der Waals surface area contributed by atoms with Crippen LogP contribution in [0.1, 0.15) is 48.5 Å². The molecule has 0 saturated carbocycles. The van der Waals surface area contributed by atoms with Gasteiger partial charge in [0.1, 0.15) is 17.5 Å². The van der Waals surface area contributed by atoms with E-state index in [2.05, 4.69) is 10.3 Å². The second-order valence-corrected chi connectivity index (χ2v) is 9.15. The summed E-state index contributed by atoms with van der Waals surface area (Å²) in [5.74, 6) is 0.390. The molecular formula is C27H27N3O5. The lowest BCUT2D eigenvalue weighted by molar-refractivity contribution is -0.123. The maximum absolute atomic E-state index is 13.6. The van der Waals surface area contributed by atoms with Gasteiger partial charge < -0.3 is 18.9 Å². The third-order valence-electron chi connectivity index (χ3n) is 5.10. The summed E-state index contributed by atoms with van der Waals surface area (Å²) in [6.45, 7) is 7.62. The molecule has 0 spiro atoms. The highest BCUT2D eigenvalue weighted by Gasteiger charge is 2.36. The van der Waals surface area contributed by atoms with Crippen LogP contribution in [-0.4, -0.2) is 22.3 Å². The summed E-state index contributed by atoms with van der Waals surface area (Å²) in [4.78, 5) is 32.3. The molecule has 4 rings (SSSR count). The third-order valence-corrected chi connectivity index (χ3v) is 5.10. The van der Waals surface area contributed by atoms with E-state index in [1.807, 2.05) is 52.0 Å². The van der Waals surface area contributed by atoms with Crippen LogP contribution in [0.15, 0.2) is 88.5 Å². The number of furan rings is 1. The number of amides is 2. The zero-order valence-corrected chi connectivity index (χ0v) is 20.0.